The molecule has 1 aromatic heterocycles. The number of hydrogen-bond donors (Lipinski definition) is 1. The number of ether oxygens (including phenoxy) is 1. The summed E-state index contributed by atoms with van der Waals surface area (Å²) in [5.74, 6) is 2.17. The van der Waals surface area contributed by atoms with Gasteiger partial charge >= 0.3 is 0 Å². The maximum atomic E-state index is 5.75. The topological polar surface area (TPSA) is 64.3 Å². The van der Waals surface area contributed by atoms with E-state index in [9.17, 15) is 0 Å². The number of hydrogen-bond acceptors (Lipinski definition) is 5. The SMILES string of the molecule is CCOC1CCCN(c2cc(N)nc(C)n2)C1. The molecule has 2 heterocycles. The van der Waals surface area contributed by atoms with E-state index < -0.39 is 0 Å². The summed E-state index contributed by atoms with van der Waals surface area (Å²) in [5, 5.41) is 0. The number of nitrogen functional groups attached to an aromatic ring is 1. The minimum atomic E-state index is 0.310. The Balaban J connectivity index is 2.10. The molecule has 1 aliphatic heterocycles. The first-order valence-corrected chi connectivity index (χ1v) is 6.16. The Morgan fingerprint density at radius 2 is 2.35 bits per heavy atom. The molecular weight excluding hydrogens is 216 g/mol. The van der Waals surface area contributed by atoms with E-state index >= 15 is 0 Å². The molecule has 0 spiro atoms. The van der Waals surface area contributed by atoms with Crippen molar-refractivity contribution in [3.63, 3.8) is 0 Å². The van der Waals surface area contributed by atoms with Crippen molar-refractivity contribution in [3.8, 4) is 0 Å². The molecule has 5 nitrogen and oxygen atoms in total. The summed E-state index contributed by atoms with van der Waals surface area (Å²) < 4.78 is 5.68. The summed E-state index contributed by atoms with van der Waals surface area (Å²) >= 11 is 0. The number of aromatic nitrogens is 2. The second-order valence-electron chi connectivity index (χ2n) is 4.36. The lowest BCUT2D eigenvalue weighted by Crippen LogP contribution is -2.40. The van der Waals surface area contributed by atoms with Crippen LogP contribution in [0.5, 0.6) is 0 Å². The van der Waals surface area contributed by atoms with Crippen LogP contribution in [0.1, 0.15) is 25.6 Å². The zero-order valence-electron chi connectivity index (χ0n) is 10.5. The molecule has 0 bridgehead atoms. The van der Waals surface area contributed by atoms with Crippen LogP contribution in [0.4, 0.5) is 11.6 Å². The van der Waals surface area contributed by atoms with Gasteiger partial charge in [0, 0.05) is 25.8 Å². The summed E-state index contributed by atoms with van der Waals surface area (Å²) in [5.41, 5.74) is 5.75. The van der Waals surface area contributed by atoms with Gasteiger partial charge in [-0.2, -0.15) is 0 Å². The standard InChI is InChI=1S/C12H20N4O/c1-3-17-10-5-4-6-16(8-10)12-7-11(13)14-9(2)15-12/h7,10H,3-6,8H2,1-2H3,(H2,13,14,15). The minimum Gasteiger partial charge on any atom is -0.384 e. The zero-order valence-corrected chi connectivity index (χ0v) is 10.5. The Morgan fingerprint density at radius 1 is 1.53 bits per heavy atom. The van der Waals surface area contributed by atoms with E-state index in [0.29, 0.717) is 11.9 Å². The molecule has 17 heavy (non-hydrogen) atoms. The fourth-order valence-electron chi connectivity index (χ4n) is 2.25. The van der Waals surface area contributed by atoms with Gasteiger partial charge in [0.2, 0.25) is 0 Å². The van der Waals surface area contributed by atoms with Crippen molar-refractivity contribution >= 4 is 11.6 Å². The third-order valence-corrected chi connectivity index (χ3v) is 2.95. The van der Waals surface area contributed by atoms with E-state index in [2.05, 4.69) is 14.9 Å². The van der Waals surface area contributed by atoms with Gasteiger partial charge in [0.1, 0.15) is 17.5 Å². The van der Waals surface area contributed by atoms with E-state index in [4.69, 9.17) is 10.5 Å². The van der Waals surface area contributed by atoms with Crippen molar-refractivity contribution < 1.29 is 4.74 Å². The molecule has 0 amide bonds. The summed E-state index contributed by atoms with van der Waals surface area (Å²) in [6.07, 6.45) is 2.57. The molecule has 5 heteroatoms. The number of piperidine rings is 1. The van der Waals surface area contributed by atoms with E-state index in [1.165, 1.54) is 0 Å². The fourth-order valence-corrected chi connectivity index (χ4v) is 2.25. The summed E-state index contributed by atoms with van der Waals surface area (Å²) in [6, 6.07) is 1.83. The van der Waals surface area contributed by atoms with E-state index in [0.717, 1.165) is 44.2 Å². The van der Waals surface area contributed by atoms with Crippen molar-refractivity contribution in [1.82, 2.24) is 9.97 Å². The first-order chi connectivity index (χ1) is 8.19. The van der Waals surface area contributed by atoms with E-state index in [1.54, 1.807) is 0 Å². The molecule has 1 fully saturated rings. The molecule has 94 valence electrons. The summed E-state index contributed by atoms with van der Waals surface area (Å²) in [7, 11) is 0. The number of aryl methyl sites for hydroxylation is 1. The molecule has 1 unspecified atom stereocenters. The molecule has 1 atom stereocenters. The first kappa shape index (κ1) is 12.1. The van der Waals surface area contributed by atoms with Gasteiger partial charge in [-0.1, -0.05) is 0 Å². The van der Waals surface area contributed by atoms with Crippen LogP contribution in [-0.4, -0.2) is 35.8 Å². The largest absolute Gasteiger partial charge is 0.384 e. The first-order valence-electron chi connectivity index (χ1n) is 6.16. The Bertz CT molecular complexity index is 361. The monoisotopic (exact) mass is 236 g/mol. The Labute approximate surface area is 102 Å². The molecule has 2 N–H and O–H groups in total. The third kappa shape index (κ3) is 3.06. The molecule has 1 saturated heterocycles. The Hall–Kier alpha value is -1.36. The smallest absolute Gasteiger partial charge is 0.134 e. The maximum absolute atomic E-state index is 5.75. The maximum Gasteiger partial charge on any atom is 0.134 e. The van der Waals surface area contributed by atoms with Crippen LogP contribution >= 0.6 is 0 Å². The number of rotatable bonds is 3. The highest BCUT2D eigenvalue weighted by atomic mass is 16.5. The molecular formula is C12H20N4O. The van der Waals surface area contributed by atoms with E-state index in [-0.39, 0.29) is 0 Å². The molecule has 0 radical (unpaired) electrons. The van der Waals surface area contributed by atoms with Gasteiger partial charge in [-0.25, -0.2) is 9.97 Å². The minimum absolute atomic E-state index is 0.310. The van der Waals surface area contributed by atoms with Crippen molar-refractivity contribution in [2.75, 3.05) is 30.3 Å². The van der Waals surface area contributed by atoms with Crippen LogP contribution < -0.4 is 10.6 Å². The van der Waals surface area contributed by atoms with Crippen LogP contribution in [0, 0.1) is 6.92 Å². The van der Waals surface area contributed by atoms with Gasteiger partial charge in [0.15, 0.2) is 0 Å². The van der Waals surface area contributed by atoms with Crippen molar-refractivity contribution in [3.05, 3.63) is 11.9 Å². The lowest BCUT2D eigenvalue weighted by atomic mass is 10.1. The average Bonchev–Trinajstić information content (AvgIpc) is 2.28. The summed E-state index contributed by atoms with van der Waals surface area (Å²) in [6.45, 7) is 6.57. The van der Waals surface area contributed by atoms with Gasteiger partial charge in [-0.3, -0.25) is 0 Å². The second kappa shape index (κ2) is 5.31. The molecule has 0 aromatic carbocycles. The summed E-state index contributed by atoms with van der Waals surface area (Å²) in [4.78, 5) is 10.8. The Kier molecular flexibility index (Phi) is 3.78. The zero-order chi connectivity index (χ0) is 12.3. The number of anilines is 2. The van der Waals surface area contributed by atoms with Crippen LogP contribution in [0.25, 0.3) is 0 Å². The van der Waals surface area contributed by atoms with Gasteiger partial charge in [0.25, 0.3) is 0 Å². The van der Waals surface area contributed by atoms with Crippen molar-refractivity contribution in [2.24, 2.45) is 0 Å². The molecule has 1 aromatic rings. The highest BCUT2D eigenvalue weighted by Gasteiger charge is 2.21. The van der Waals surface area contributed by atoms with Crippen LogP contribution in [0.15, 0.2) is 6.07 Å². The highest BCUT2D eigenvalue weighted by molar-refractivity contribution is 5.47. The molecule has 0 aliphatic carbocycles. The van der Waals surface area contributed by atoms with Crippen molar-refractivity contribution in [1.29, 1.82) is 0 Å². The van der Waals surface area contributed by atoms with Gasteiger partial charge in [-0.15, -0.1) is 0 Å². The molecule has 0 saturated carbocycles. The molecule has 2 rings (SSSR count). The predicted octanol–water partition coefficient (Wildman–Crippen LogP) is 1.37. The second-order valence-corrected chi connectivity index (χ2v) is 4.36. The quantitative estimate of drug-likeness (QED) is 0.858. The normalized spacial score (nSPS) is 20.6. The predicted molar refractivity (Wildman–Crippen MR) is 68.0 cm³/mol. The molecule has 1 aliphatic rings. The fraction of sp³-hybridized carbons (Fsp3) is 0.667. The Morgan fingerprint density at radius 3 is 3.06 bits per heavy atom. The van der Waals surface area contributed by atoms with Gasteiger partial charge < -0.3 is 15.4 Å². The lowest BCUT2D eigenvalue weighted by Gasteiger charge is -2.33. The van der Waals surface area contributed by atoms with Crippen molar-refractivity contribution in [2.45, 2.75) is 32.8 Å². The van der Waals surface area contributed by atoms with Crippen LogP contribution in [0.3, 0.4) is 0 Å². The number of nitrogens with zero attached hydrogens (tertiary/aromatic N) is 3. The van der Waals surface area contributed by atoms with Crippen LogP contribution in [-0.2, 0) is 4.74 Å². The van der Waals surface area contributed by atoms with Gasteiger partial charge in [0.05, 0.1) is 6.10 Å². The van der Waals surface area contributed by atoms with Gasteiger partial charge in [-0.05, 0) is 26.7 Å². The number of nitrogens with two attached hydrogens (primary N) is 1. The third-order valence-electron chi connectivity index (χ3n) is 2.95. The highest BCUT2D eigenvalue weighted by Crippen LogP contribution is 2.20. The lowest BCUT2D eigenvalue weighted by molar-refractivity contribution is 0.0525. The average molecular weight is 236 g/mol. The van der Waals surface area contributed by atoms with E-state index in [1.807, 2.05) is 19.9 Å². The van der Waals surface area contributed by atoms with Crippen LogP contribution in [0.2, 0.25) is 0 Å².